The first-order chi connectivity index (χ1) is 32.4. The molecule has 69 heavy (non-hydrogen) atoms. The smallest absolute Gasteiger partial charge is 0.330 e. The second-order valence-corrected chi connectivity index (χ2v) is 21.6. The molecule has 0 radical (unpaired) electrons. The molecule has 16 heteroatoms. The maximum absolute atomic E-state index is 13.8. The number of ether oxygens (including phenoxy) is 5. The van der Waals surface area contributed by atoms with Crippen LogP contribution in [0.1, 0.15) is 146 Å². The first-order valence-corrected chi connectivity index (χ1v) is 26.1. The van der Waals surface area contributed by atoms with Gasteiger partial charge in [0.15, 0.2) is 12.1 Å². The lowest BCUT2D eigenvalue weighted by Crippen LogP contribution is -2.63. The van der Waals surface area contributed by atoms with Crippen molar-refractivity contribution in [3.05, 3.63) is 36.5 Å². The number of aliphatic hydroxyl groups excluding tert-OH is 9. The molecule has 0 aliphatic carbocycles. The summed E-state index contributed by atoms with van der Waals surface area (Å²) in [5.41, 5.74) is -2.33. The Labute approximate surface area is 411 Å². The summed E-state index contributed by atoms with van der Waals surface area (Å²) >= 11 is 0. The van der Waals surface area contributed by atoms with E-state index in [4.69, 9.17) is 23.7 Å². The molecular weight excluding hydrogens is 893 g/mol. The van der Waals surface area contributed by atoms with Gasteiger partial charge in [-0.25, -0.2) is 4.79 Å². The molecule has 4 heterocycles. The Hall–Kier alpha value is -1.87. The fourth-order valence-electron chi connectivity index (χ4n) is 11.1. The average molecular weight is 985 g/mol. The van der Waals surface area contributed by atoms with E-state index < -0.39 is 121 Å². The van der Waals surface area contributed by atoms with Crippen LogP contribution in [0.15, 0.2) is 36.5 Å². The zero-order chi connectivity index (χ0) is 51.5. The SMILES string of the molecule is CCCC1(O)C(O)C(C)C/C=C/C=C/C(CC(C)O)CCC2CC(OC(=O)/C=C/C(C)C(O)C(C)C(O)C(OC3CCC(O)C(C)O3)C(O)C(O)C1O)C(C)C1(CCC(C)C(C(C)C(O)CC)O1)O2. The molecule has 0 aromatic rings. The van der Waals surface area contributed by atoms with Gasteiger partial charge in [-0.15, -0.1) is 0 Å². The molecule has 0 amide bonds. The van der Waals surface area contributed by atoms with Gasteiger partial charge in [0.1, 0.15) is 36.1 Å². The number of allylic oxidation sites excluding steroid dienone is 4. The van der Waals surface area contributed by atoms with E-state index in [1.807, 2.05) is 45.1 Å². The molecule has 3 fully saturated rings. The van der Waals surface area contributed by atoms with Crippen molar-refractivity contribution in [3.8, 4) is 0 Å². The summed E-state index contributed by atoms with van der Waals surface area (Å²) in [6, 6.07) is 0. The summed E-state index contributed by atoms with van der Waals surface area (Å²) in [5.74, 6) is -4.81. The Morgan fingerprint density at radius 1 is 0.797 bits per heavy atom. The number of esters is 1. The van der Waals surface area contributed by atoms with Crippen molar-refractivity contribution >= 4 is 5.97 Å². The fourth-order valence-corrected chi connectivity index (χ4v) is 11.1. The minimum absolute atomic E-state index is 0.0714. The molecule has 400 valence electrons. The van der Waals surface area contributed by atoms with Crippen LogP contribution in [0.5, 0.6) is 0 Å². The number of fused-ring (bicyclic) bond motifs is 2. The van der Waals surface area contributed by atoms with Crippen molar-refractivity contribution in [2.24, 2.45) is 41.4 Å². The van der Waals surface area contributed by atoms with Crippen molar-refractivity contribution in [2.45, 2.75) is 249 Å². The lowest BCUT2D eigenvalue weighted by Gasteiger charge is -2.54. The summed E-state index contributed by atoms with van der Waals surface area (Å²) in [5, 5.41) is 114. The molecule has 2 bridgehead atoms. The number of hydrogen-bond donors (Lipinski definition) is 10. The van der Waals surface area contributed by atoms with E-state index in [1.165, 1.54) is 19.1 Å². The first kappa shape index (κ1) is 59.7. The highest BCUT2D eigenvalue weighted by atomic mass is 16.7. The molecule has 0 aromatic carbocycles. The van der Waals surface area contributed by atoms with Crippen molar-refractivity contribution in [2.75, 3.05) is 0 Å². The van der Waals surface area contributed by atoms with Crippen LogP contribution < -0.4 is 0 Å². The Morgan fingerprint density at radius 2 is 1.49 bits per heavy atom. The minimum Gasteiger partial charge on any atom is -0.459 e. The zero-order valence-corrected chi connectivity index (χ0v) is 43.1. The van der Waals surface area contributed by atoms with Crippen molar-refractivity contribution in [1.82, 2.24) is 0 Å². The highest BCUT2D eigenvalue weighted by Crippen LogP contribution is 2.48. The maximum atomic E-state index is 13.8. The number of aliphatic hydroxyl groups is 10. The third-order valence-corrected chi connectivity index (χ3v) is 16.0. The van der Waals surface area contributed by atoms with Crippen molar-refractivity contribution in [1.29, 1.82) is 0 Å². The summed E-state index contributed by atoms with van der Waals surface area (Å²) in [6.45, 7) is 17.9. The number of carbonyl (C=O) groups is 1. The predicted octanol–water partition coefficient (Wildman–Crippen LogP) is 4.36. The number of carbonyl (C=O) groups excluding carboxylic acids is 1. The molecule has 16 nitrogen and oxygen atoms in total. The molecule has 24 unspecified atom stereocenters. The minimum atomic E-state index is -2.33. The van der Waals surface area contributed by atoms with E-state index in [1.54, 1.807) is 34.6 Å². The topological polar surface area (TPSA) is 266 Å². The van der Waals surface area contributed by atoms with Gasteiger partial charge in [0.2, 0.25) is 0 Å². The van der Waals surface area contributed by atoms with Crippen molar-refractivity contribution < 1.29 is 79.5 Å². The predicted molar refractivity (Wildman–Crippen MR) is 259 cm³/mol. The van der Waals surface area contributed by atoms with Gasteiger partial charge in [0.05, 0.1) is 54.9 Å². The molecular formula is C53H92O16. The molecule has 24 atom stereocenters. The Bertz CT molecular complexity index is 1630. The molecule has 3 saturated heterocycles. The zero-order valence-electron chi connectivity index (χ0n) is 43.1. The largest absolute Gasteiger partial charge is 0.459 e. The Kier molecular flexibility index (Phi) is 23.3. The Morgan fingerprint density at radius 3 is 2.13 bits per heavy atom. The van der Waals surface area contributed by atoms with Crippen LogP contribution in [0.4, 0.5) is 0 Å². The van der Waals surface area contributed by atoms with E-state index in [2.05, 4.69) is 6.92 Å². The van der Waals surface area contributed by atoms with Gasteiger partial charge in [0.25, 0.3) is 0 Å². The van der Waals surface area contributed by atoms with Gasteiger partial charge in [-0.05, 0) is 83.0 Å². The lowest BCUT2D eigenvalue weighted by atomic mass is 9.75. The Balaban J connectivity index is 1.74. The van der Waals surface area contributed by atoms with Gasteiger partial charge >= 0.3 is 5.97 Å². The summed E-state index contributed by atoms with van der Waals surface area (Å²) < 4.78 is 32.1. The van der Waals surface area contributed by atoms with Crippen LogP contribution in [0.3, 0.4) is 0 Å². The van der Waals surface area contributed by atoms with Crippen molar-refractivity contribution in [3.63, 3.8) is 0 Å². The van der Waals surface area contributed by atoms with Crippen LogP contribution in [0.2, 0.25) is 0 Å². The number of hydrogen-bond acceptors (Lipinski definition) is 16. The molecule has 1 spiro atoms. The van der Waals surface area contributed by atoms with Crippen LogP contribution >= 0.6 is 0 Å². The molecule has 0 saturated carbocycles. The van der Waals surface area contributed by atoms with Gasteiger partial charge in [-0.3, -0.25) is 0 Å². The van der Waals surface area contributed by atoms with Crippen LogP contribution in [-0.4, -0.2) is 160 Å². The van der Waals surface area contributed by atoms with Gasteiger partial charge < -0.3 is 74.7 Å². The van der Waals surface area contributed by atoms with Crippen LogP contribution in [0.25, 0.3) is 0 Å². The van der Waals surface area contributed by atoms with Gasteiger partial charge in [-0.2, -0.15) is 0 Å². The molecule has 0 aromatic heterocycles. The van der Waals surface area contributed by atoms with Gasteiger partial charge in [0, 0.05) is 49.0 Å². The third-order valence-electron chi connectivity index (χ3n) is 16.0. The highest BCUT2D eigenvalue weighted by Gasteiger charge is 2.55. The van der Waals surface area contributed by atoms with E-state index in [9.17, 15) is 55.9 Å². The fraction of sp³-hybridized carbons (Fsp3) is 0.868. The standard InChI is InChI=1S/C53H92O16/c1-11-25-52(64)50(62)31(5)16-14-13-15-17-37(27-32(6)54)19-20-38-28-41(35(9)53(68-38)26-24-30(4)48(69-53)33(7)39(55)12-2)66-42(57)22-18-29(3)44(58)34(8)45(59)49(46(60)47(61)51(52)63)67-43-23-21-40(56)36(10)65-43/h13-15,17-18,22,29-41,43-51,54-56,58-64H,11-12,16,19-21,23-28H2,1-10H3/b14-13+,17-15+,22-18+. The molecule has 4 aliphatic heterocycles. The second kappa shape index (κ2) is 26.9. The maximum Gasteiger partial charge on any atom is 0.330 e. The first-order valence-electron chi connectivity index (χ1n) is 26.1. The summed E-state index contributed by atoms with van der Waals surface area (Å²) in [4.78, 5) is 13.8. The molecule has 4 aliphatic rings. The summed E-state index contributed by atoms with van der Waals surface area (Å²) in [7, 11) is 0. The second-order valence-electron chi connectivity index (χ2n) is 21.6. The quantitative estimate of drug-likeness (QED) is 0.144. The highest BCUT2D eigenvalue weighted by molar-refractivity contribution is 5.82. The van der Waals surface area contributed by atoms with Crippen LogP contribution in [-0.2, 0) is 28.5 Å². The summed E-state index contributed by atoms with van der Waals surface area (Å²) in [6.07, 6.45) is -2.98. The van der Waals surface area contributed by atoms with E-state index in [-0.39, 0.29) is 62.1 Å². The monoisotopic (exact) mass is 985 g/mol. The van der Waals surface area contributed by atoms with E-state index >= 15 is 0 Å². The third kappa shape index (κ3) is 15.3. The normalized spacial score (nSPS) is 46.8. The average Bonchev–Trinajstić information content (AvgIpc) is 3.32. The lowest BCUT2D eigenvalue weighted by molar-refractivity contribution is -0.366. The molecule has 10 N–H and O–H groups in total. The van der Waals surface area contributed by atoms with E-state index in [0.29, 0.717) is 38.5 Å². The van der Waals surface area contributed by atoms with Crippen LogP contribution in [0, 0.1) is 41.4 Å². The number of rotatable bonds is 9. The van der Waals surface area contributed by atoms with Gasteiger partial charge in [-0.1, -0.05) is 92.2 Å². The van der Waals surface area contributed by atoms with E-state index in [0.717, 1.165) is 6.42 Å². The molecule has 4 rings (SSSR count).